The van der Waals surface area contributed by atoms with Crippen molar-refractivity contribution in [1.82, 2.24) is 9.62 Å². The normalized spacial score (nSPS) is 11.5. The van der Waals surface area contributed by atoms with Crippen molar-refractivity contribution >= 4 is 27.3 Å². The minimum Gasteiger partial charge on any atom is -0.336 e. The lowest BCUT2D eigenvalue weighted by Gasteiger charge is -2.21. The molecule has 3 N–H and O–H groups in total. The Kier molecular flexibility index (Phi) is 7.77. The first-order valence-electron chi connectivity index (χ1n) is 8.45. The van der Waals surface area contributed by atoms with E-state index in [2.05, 4.69) is 4.72 Å². The molecule has 2 aromatic rings. The number of benzene rings is 1. The van der Waals surface area contributed by atoms with Crippen LogP contribution in [0.25, 0.3) is 0 Å². The Morgan fingerprint density at radius 1 is 1.12 bits per heavy atom. The molecule has 0 aliphatic rings. The minimum absolute atomic E-state index is 0.0290. The Bertz CT molecular complexity index is 804. The highest BCUT2D eigenvalue weighted by Crippen LogP contribution is 2.19. The molecule has 0 saturated carbocycles. The molecule has 1 aromatic heterocycles. The first kappa shape index (κ1) is 20.6. The number of nitrogens with one attached hydrogen (secondary N) is 1. The van der Waals surface area contributed by atoms with Crippen LogP contribution in [0.3, 0.4) is 0 Å². The quantitative estimate of drug-likeness (QED) is 0.637. The molecule has 0 atom stereocenters. The zero-order valence-electron chi connectivity index (χ0n) is 14.8. The van der Waals surface area contributed by atoms with Crippen LogP contribution in [0.1, 0.15) is 20.1 Å². The van der Waals surface area contributed by atoms with Crippen LogP contribution >= 0.6 is 11.3 Å². The van der Waals surface area contributed by atoms with Gasteiger partial charge in [0, 0.05) is 31.1 Å². The van der Waals surface area contributed by atoms with Gasteiger partial charge in [0.2, 0.25) is 10.0 Å². The van der Waals surface area contributed by atoms with E-state index < -0.39 is 10.0 Å². The van der Waals surface area contributed by atoms with Crippen molar-refractivity contribution < 1.29 is 13.2 Å². The highest BCUT2D eigenvalue weighted by Gasteiger charge is 2.17. The molecule has 26 heavy (non-hydrogen) atoms. The van der Waals surface area contributed by atoms with Crippen LogP contribution in [0, 0.1) is 0 Å². The molecule has 2 rings (SSSR count). The Morgan fingerprint density at radius 2 is 1.85 bits per heavy atom. The van der Waals surface area contributed by atoms with Gasteiger partial charge in [0.05, 0.1) is 11.1 Å². The summed E-state index contributed by atoms with van der Waals surface area (Å²) in [7, 11) is -3.19. The molecular weight excluding hydrogens is 370 g/mol. The molecule has 1 heterocycles. The van der Waals surface area contributed by atoms with Gasteiger partial charge >= 0.3 is 0 Å². The Balaban J connectivity index is 1.95. The smallest absolute Gasteiger partial charge is 0.263 e. The molecule has 1 amide bonds. The molecule has 0 saturated heterocycles. The number of hydrogen-bond acceptors (Lipinski definition) is 5. The van der Waals surface area contributed by atoms with Gasteiger partial charge in [-0.1, -0.05) is 30.3 Å². The van der Waals surface area contributed by atoms with Crippen molar-refractivity contribution in [2.45, 2.75) is 12.8 Å². The number of carbonyl (C=O) groups is 1. The standard InChI is InChI=1S/C18H25N3O3S2/c1-26(23,24)20-12-9-16-7-8-17(25-16)18(22)21(14-11-19)13-10-15-5-3-2-4-6-15/h2-8,20H,9-14,19H2,1H3. The van der Waals surface area contributed by atoms with Crippen LogP contribution in [0.15, 0.2) is 42.5 Å². The Labute approximate surface area is 159 Å². The molecular formula is C18H25N3O3S2. The lowest BCUT2D eigenvalue weighted by molar-refractivity contribution is 0.0767. The number of sulfonamides is 1. The van der Waals surface area contributed by atoms with Crippen molar-refractivity contribution in [3.05, 3.63) is 57.8 Å². The summed E-state index contributed by atoms with van der Waals surface area (Å²) in [5.41, 5.74) is 6.85. The van der Waals surface area contributed by atoms with E-state index in [1.165, 1.54) is 16.9 Å². The molecule has 0 radical (unpaired) electrons. The summed E-state index contributed by atoms with van der Waals surface area (Å²) in [6.45, 7) is 1.86. The number of rotatable bonds is 10. The van der Waals surface area contributed by atoms with Crippen molar-refractivity contribution in [1.29, 1.82) is 0 Å². The highest BCUT2D eigenvalue weighted by molar-refractivity contribution is 7.88. The highest BCUT2D eigenvalue weighted by atomic mass is 32.2. The van der Waals surface area contributed by atoms with Gasteiger partial charge in [0.25, 0.3) is 5.91 Å². The summed E-state index contributed by atoms with van der Waals surface area (Å²) in [5.74, 6) is -0.0290. The number of hydrogen-bond donors (Lipinski definition) is 2. The van der Waals surface area contributed by atoms with Crippen molar-refractivity contribution in [3.8, 4) is 0 Å². The number of nitrogens with zero attached hydrogens (tertiary/aromatic N) is 1. The monoisotopic (exact) mass is 395 g/mol. The van der Waals surface area contributed by atoms with Gasteiger partial charge in [-0.05, 0) is 30.5 Å². The maximum atomic E-state index is 12.8. The van der Waals surface area contributed by atoms with Gasteiger partial charge < -0.3 is 10.6 Å². The van der Waals surface area contributed by atoms with Crippen molar-refractivity contribution in [2.24, 2.45) is 5.73 Å². The van der Waals surface area contributed by atoms with Gasteiger partial charge in [0.1, 0.15) is 0 Å². The molecule has 0 spiro atoms. The third kappa shape index (κ3) is 6.87. The van der Waals surface area contributed by atoms with Crippen LogP contribution < -0.4 is 10.5 Å². The molecule has 1 aromatic carbocycles. The summed E-state index contributed by atoms with van der Waals surface area (Å²) in [6.07, 6.45) is 2.48. The summed E-state index contributed by atoms with van der Waals surface area (Å²) >= 11 is 1.40. The van der Waals surface area contributed by atoms with E-state index in [9.17, 15) is 13.2 Å². The second-order valence-electron chi connectivity index (χ2n) is 6.00. The summed E-state index contributed by atoms with van der Waals surface area (Å²) < 4.78 is 24.7. The topological polar surface area (TPSA) is 92.5 Å². The van der Waals surface area contributed by atoms with Gasteiger partial charge in [0.15, 0.2) is 0 Å². The van der Waals surface area contributed by atoms with Crippen molar-refractivity contribution in [2.75, 3.05) is 32.4 Å². The van der Waals surface area contributed by atoms with Gasteiger partial charge in [-0.25, -0.2) is 13.1 Å². The SMILES string of the molecule is CS(=O)(=O)NCCc1ccc(C(=O)N(CCN)CCc2ccccc2)s1. The van der Waals surface area contributed by atoms with Crippen molar-refractivity contribution in [3.63, 3.8) is 0 Å². The van der Waals surface area contributed by atoms with Crippen LogP contribution in [0.4, 0.5) is 0 Å². The average Bonchev–Trinajstić information content (AvgIpc) is 3.06. The Morgan fingerprint density at radius 3 is 2.50 bits per heavy atom. The van der Waals surface area contributed by atoms with Gasteiger partial charge in [-0.2, -0.15) is 0 Å². The zero-order valence-corrected chi connectivity index (χ0v) is 16.5. The summed E-state index contributed by atoms with van der Waals surface area (Å²) in [5, 5.41) is 0. The molecule has 142 valence electrons. The maximum absolute atomic E-state index is 12.8. The first-order chi connectivity index (χ1) is 12.4. The largest absolute Gasteiger partial charge is 0.336 e. The second kappa shape index (κ2) is 9.82. The minimum atomic E-state index is -3.19. The summed E-state index contributed by atoms with van der Waals surface area (Å²) in [6, 6.07) is 13.7. The molecule has 0 fully saturated rings. The fourth-order valence-electron chi connectivity index (χ4n) is 2.52. The zero-order chi connectivity index (χ0) is 19.0. The molecule has 0 aliphatic carbocycles. The van der Waals surface area contributed by atoms with Crippen LogP contribution in [0.2, 0.25) is 0 Å². The number of thiophene rings is 1. The summed E-state index contributed by atoms with van der Waals surface area (Å²) in [4.78, 5) is 16.2. The van der Waals surface area contributed by atoms with E-state index >= 15 is 0 Å². The molecule has 0 bridgehead atoms. The number of nitrogens with two attached hydrogens (primary N) is 1. The maximum Gasteiger partial charge on any atom is 0.263 e. The average molecular weight is 396 g/mol. The van der Waals surface area contributed by atoms with E-state index in [1.807, 2.05) is 36.4 Å². The lowest BCUT2D eigenvalue weighted by Crippen LogP contribution is -2.36. The molecule has 6 nitrogen and oxygen atoms in total. The molecule has 0 aliphatic heterocycles. The first-order valence-corrected chi connectivity index (χ1v) is 11.2. The Hall–Kier alpha value is -1.74. The molecule has 0 unspecified atom stereocenters. The van der Waals surface area contributed by atoms with E-state index in [1.54, 1.807) is 11.0 Å². The van der Waals surface area contributed by atoms with E-state index in [-0.39, 0.29) is 5.91 Å². The van der Waals surface area contributed by atoms with Crippen LogP contribution in [-0.4, -0.2) is 51.7 Å². The van der Waals surface area contributed by atoms with Gasteiger partial charge in [-0.15, -0.1) is 11.3 Å². The fraction of sp³-hybridized carbons (Fsp3) is 0.389. The third-order valence-electron chi connectivity index (χ3n) is 3.81. The predicted molar refractivity (Wildman–Crippen MR) is 106 cm³/mol. The van der Waals surface area contributed by atoms with E-state index in [4.69, 9.17) is 5.73 Å². The molecule has 8 heteroatoms. The van der Waals surface area contributed by atoms with Gasteiger partial charge in [-0.3, -0.25) is 4.79 Å². The fourth-order valence-corrected chi connectivity index (χ4v) is 3.97. The van der Waals surface area contributed by atoms with E-state index in [0.29, 0.717) is 37.5 Å². The van der Waals surface area contributed by atoms with Crippen LogP contribution in [-0.2, 0) is 22.9 Å². The van der Waals surface area contributed by atoms with E-state index in [0.717, 1.165) is 17.6 Å². The number of amides is 1. The second-order valence-corrected chi connectivity index (χ2v) is 9.00. The predicted octanol–water partition coefficient (Wildman–Crippen LogP) is 1.48. The number of carbonyl (C=O) groups excluding carboxylic acids is 1. The van der Waals surface area contributed by atoms with Crippen LogP contribution in [0.5, 0.6) is 0 Å². The third-order valence-corrected chi connectivity index (χ3v) is 5.67. The lowest BCUT2D eigenvalue weighted by atomic mass is 10.1.